The molecular weight excluding hydrogens is 1590 g/mol. The van der Waals surface area contributed by atoms with Crippen LogP contribution in [-0.2, 0) is 0 Å². The van der Waals surface area contributed by atoms with Gasteiger partial charge in [-0.1, -0.05) is 522 Å². The van der Waals surface area contributed by atoms with Gasteiger partial charge in [-0.05, 0) is 257 Å². The van der Waals surface area contributed by atoms with Gasteiger partial charge in [-0.15, -0.1) is 0 Å². The van der Waals surface area contributed by atoms with Crippen molar-refractivity contribution >= 4 is 0 Å². The Morgan fingerprint density at radius 2 is 0.0909 bits per heavy atom. The molecule has 53 rings (SSSR count). The van der Waals surface area contributed by atoms with E-state index in [-0.39, 0.29) is 0 Å². The molecule has 132 heavy (non-hydrogen) atoms. The second kappa shape index (κ2) is 35.2. The zero-order chi connectivity index (χ0) is 87.6. The van der Waals surface area contributed by atoms with E-state index < -0.39 is 0 Å². The third kappa shape index (κ3) is 16.7. The average Bonchev–Trinajstić information content (AvgIpc) is 0.841. The van der Waals surface area contributed by atoms with Crippen LogP contribution in [0.25, 0.3) is 245 Å². The summed E-state index contributed by atoms with van der Waals surface area (Å²) < 4.78 is 0. The molecule has 22 aromatic rings. The molecule has 0 nitrogen and oxygen atoms in total. The van der Waals surface area contributed by atoms with Gasteiger partial charge in [-0.2, -0.15) is 0 Å². The van der Waals surface area contributed by atoms with Crippen LogP contribution in [0.4, 0.5) is 0 Å². The Balaban J connectivity index is 0.000000152. The Bertz CT molecular complexity index is 7350. The lowest BCUT2D eigenvalue weighted by Crippen LogP contribution is -1.85. The predicted octanol–water partition coefficient (Wildman–Crippen LogP) is 36.7. The van der Waals surface area contributed by atoms with Crippen LogP contribution in [0.15, 0.2) is 534 Å². The maximum Gasteiger partial charge on any atom is -0.0178 e. The molecule has 0 atom stereocenters. The predicted molar refractivity (Wildman–Crippen MR) is 560 cm³/mol. The highest BCUT2D eigenvalue weighted by molar-refractivity contribution is 5.87. The van der Waals surface area contributed by atoms with Crippen LogP contribution in [0.2, 0.25) is 0 Å². The molecule has 0 N–H and O–H groups in total. The van der Waals surface area contributed by atoms with E-state index in [0.717, 1.165) is 0 Å². The zero-order valence-corrected chi connectivity index (χ0v) is 72.8. The Kier molecular flexibility index (Phi) is 21.2. The third-order valence-electron chi connectivity index (χ3n) is 26.8. The Morgan fingerprint density at radius 1 is 0.0455 bits per heavy atom. The summed E-state index contributed by atoms with van der Waals surface area (Å²) in [4.78, 5) is 0. The van der Waals surface area contributed by atoms with Crippen molar-refractivity contribution in [1.29, 1.82) is 0 Å². The van der Waals surface area contributed by atoms with E-state index in [1.165, 1.54) is 245 Å². The standard InChI is InChI=1S/C72H48.C60H40/c1-2-71-48-72(3-1)70-46-42-68(43-47-70)66-38-34-64(35-39-66)62-30-26-60(27-31-62)58-22-18-56(19-23-58)54-14-10-52(11-15-54)50-6-4-49(5-7-50)51-8-12-53(13-9-51)55-16-20-57(21-17-55)59-24-28-61(29-25-59)63-32-36-65(37-33-63)67-40-44-69(71)45-41-67;1-2-59-40-60(3-1)58-38-34-56(35-39-58)54-30-26-52(27-31-54)50-22-18-48(19-23-50)46-14-10-44(11-15-46)42-6-4-41(5-7-42)43-8-12-45(13-9-43)47-16-20-49(21-17-47)51-24-28-53(29-25-51)55-32-36-57(59)37-33-55/h1-48H;1-40H. The Morgan fingerprint density at radius 3 is 0.144 bits per heavy atom. The molecule has 0 spiro atoms. The smallest absolute Gasteiger partial charge is 0.0178 e. The molecule has 0 saturated carbocycles. The van der Waals surface area contributed by atoms with Gasteiger partial charge in [-0.3, -0.25) is 0 Å². The summed E-state index contributed by atoms with van der Waals surface area (Å²) in [5.74, 6) is 0. The molecule has 0 heterocycles. The monoisotopic (exact) mass is 1670 g/mol. The van der Waals surface area contributed by atoms with Gasteiger partial charge in [0.05, 0.1) is 0 Å². The van der Waals surface area contributed by atoms with E-state index >= 15 is 0 Å². The fraction of sp³-hybridized carbons (Fsp3) is 0. The quantitative estimate of drug-likeness (QED) is 0.142. The van der Waals surface area contributed by atoms with E-state index in [4.69, 9.17) is 0 Å². The lowest BCUT2D eigenvalue weighted by Gasteiger charge is -2.10. The lowest BCUT2D eigenvalue weighted by molar-refractivity contribution is 1.55. The fourth-order valence-electron chi connectivity index (χ4n) is 18.9. The lowest BCUT2D eigenvalue weighted by atomic mass is 9.95. The second-order valence-electron chi connectivity index (χ2n) is 34.7. The molecule has 0 unspecified atom stereocenters. The molecule has 0 heteroatoms. The molecule has 0 amide bonds. The van der Waals surface area contributed by atoms with Gasteiger partial charge >= 0.3 is 0 Å². The van der Waals surface area contributed by atoms with E-state index in [1.54, 1.807) is 0 Å². The summed E-state index contributed by atoms with van der Waals surface area (Å²) in [6.45, 7) is 0. The van der Waals surface area contributed by atoms with Crippen molar-refractivity contribution in [1.82, 2.24) is 0 Å². The summed E-state index contributed by atoms with van der Waals surface area (Å²) in [5.41, 5.74) is 53.2. The minimum absolute atomic E-state index is 1.20. The molecule has 0 fully saturated rings. The Labute approximate surface area is 773 Å². The van der Waals surface area contributed by atoms with Gasteiger partial charge in [0.2, 0.25) is 0 Å². The maximum absolute atomic E-state index is 2.30. The van der Waals surface area contributed by atoms with Crippen molar-refractivity contribution in [2.75, 3.05) is 0 Å². The van der Waals surface area contributed by atoms with Crippen molar-refractivity contribution in [3.8, 4) is 245 Å². The van der Waals surface area contributed by atoms with Crippen molar-refractivity contribution in [3.05, 3.63) is 534 Å². The molecule has 0 aromatic heterocycles. The topological polar surface area (TPSA) is 0 Å². The summed E-state index contributed by atoms with van der Waals surface area (Å²) in [6.07, 6.45) is 0. The number of benzene rings is 22. The van der Waals surface area contributed by atoms with Gasteiger partial charge in [0.25, 0.3) is 0 Å². The van der Waals surface area contributed by atoms with Crippen LogP contribution < -0.4 is 0 Å². The van der Waals surface area contributed by atoms with Crippen molar-refractivity contribution in [2.45, 2.75) is 0 Å². The molecule has 22 aromatic carbocycles. The largest absolute Gasteiger partial charge is 0.0610 e. The Hall–Kier alpha value is -17.2. The summed E-state index contributed by atoms with van der Waals surface area (Å²) in [5, 5.41) is 0. The van der Waals surface area contributed by atoms with E-state index in [0.29, 0.717) is 0 Å². The first kappa shape index (κ1) is 79.5. The van der Waals surface area contributed by atoms with Crippen LogP contribution in [0.3, 0.4) is 0 Å². The van der Waals surface area contributed by atoms with Gasteiger partial charge in [0, 0.05) is 0 Å². The minimum Gasteiger partial charge on any atom is -0.0610 e. The van der Waals surface area contributed by atoms with Gasteiger partial charge in [0.15, 0.2) is 0 Å². The van der Waals surface area contributed by atoms with Crippen LogP contribution in [0.1, 0.15) is 0 Å². The SMILES string of the molecule is c1cc2cc(c1)-c1ccc(cc1)-c1ccc(cc1)-c1ccc(cc1)-c1ccc(cc1)-c1ccc(cc1)-c1ccc(cc1)-c1ccc(cc1)-c1ccc(cc1)-c1ccc(cc1)-c1ccc(cc1)-c1ccc-2cc1.c1cc2cc(c1)-c1ccc(cc1)-c1ccc(cc1)-c1ccc(cc1)-c1ccc(cc1)-c1ccc(cc1)-c1ccc(cc1)-c1ccc(cc1)-c1ccc(cc1)-c1ccc-2cc1. The van der Waals surface area contributed by atoms with E-state index in [2.05, 4.69) is 534 Å². The highest BCUT2D eigenvalue weighted by Crippen LogP contribution is 2.41. The first-order chi connectivity index (χ1) is 65.3. The zero-order valence-electron chi connectivity index (χ0n) is 72.8. The van der Waals surface area contributed by atoms with Crippen molar-refractivity contribution in [3.63, 3.8) is 0 Å². The molecule has 31 aliphatic rings. The molecular formula is C132H88. The van der Waals surface area contributed by atoms with Crippen LogP contribution >= 0.6 is 0 Å². The molecule has 0 radical (unpaired) electrons. The van der Waals surface area contributed by atoms with Crippen LogP contribution in [-0.4, -0.2) is 0 Å². The van der Waals surface area contributed by atoms with Crippen molar-refractivity contribution < 1.29 is 0 Å². The molecule has 44 bridgehead atoms. The van der Waals surface area contributed by atoms with E-state index in [1.807, 2.05) is 0 Å². The minimum atomic E-state index is 1.20. The van der Waals surface area contributed by atoms with Crippen molar-refractivity contribution in [2.24, 2.45) is 0 Å². The highest BCUT2D eigenvalue weighted by Gasteiger charge is 2.16. The summed E-state index contributed by atoms with van der Waals surface area (Å²) in [7, 11) is 0. The normalized spacial score (nSPS) is 11.3. The third-order valence-corrected chi connectivity index (χ3v) is 26.8. The molecule has 0 aliphatic heterocycles. The first-order valence-electron chi connectivity index (χ1n) is 45.6. The number of rotatable bonds is 0. The molecule has 0 saturated heterocycles. The summed E-state index contributed by atoms with van der Waals surface area (Å²) in [6, 6.07) is 196. The number of hydrogen-bond acceptors (Lipinski definition) is 0. The van der Waals surface area contributed by atoms with Crippen LogP contribution in [0, 0.1) is 0 Å². The maximum atomic E-state index is 2.30. The summed E-state index contributed by atoms with van der Waals surface area (Å²) >= 11 is 0. The number of hydrogen-bond donors (Lipinski definition) is 0. The second-order valence-corrected chi connectivity index (χ2v) is 34.7. The number of fused-ring (bicyclic) bond motifs is 2. The van der Waals surface area contributed by atoms with Gasteiger partial charge in [0.1, 0.15) is 0 Å². The van der Waals surface area contributed by atoms with Gasteiger partial charge in [-0.25, -0.2) is 0 Å². The fourth-order valence-corrected chi connectivity index (χ4v) is 18.9. The van der Waals surface area contributed by atoms with Crippen LogP contribution in [0.5, 0.6) is 0 Å². The highest BCUT2D eigenvalue weighted by atomic mass is 14.2. The average molecular weight is 1670 g/mol. The first-order valence-corrected chi connectivity index (χ1v) is 45.6. The molecule has 616 valence electrons. The van der Waals surface area contributed by atoms with Gasteiger partial charge < -0.3 is 0 Å². The van der Waals surface area contributed by atoms with E-state index in [9.17, 15) is 0 Å². The molecule has 31 aliphatic carbocycles.